The predicted molar refractivity (Wildman–Crippen MR) is 102 cm³/mol. The quantitative estimate of drug-likeness (QED) is 0.562. The van der Waals surface area contributed by atoms with Crippen molar-refractivity contribution in [3.63, 3.8) is 0 Å². The van der Waals surface area contributed by atoms with E-state index in [0.29, 0.717) is 17.3 Å². The molecule has 0 radical (unpaired) electrons. The Hall–Kier alpha value is -3.75. The summed E-state index contributed by atoms with van der Waals surface area (Å²) in [6, 6.07) is 8.76. The molecule has 0 spiro atoms. The number of halogens is 2. The van der Waals surface area contributed by atoms with Crippen molar-refractivity contribution in [1.29, 1.82) is 0 Å². The van der Waals surface area contributed by atoms with Crippen LogP contribution in [0.5, 0.6) is 5.75 Å². The van der Waals surface area contributed by atoms with E-state index in [1.54, 1.807) is 37.5 Å². The third-order valence-corrected chi connectivity index (χ3v) is 4.66. The van der Waals surface area contributed by atoms with Gasteiger partial charge in [0.15, 0.2) is 0 Å². The van der Waals surface area contributed by atoms with Crippen LogP contribution in [0, 0.1) is 18.6 Å². The Morgan fingerprint density at radius 1 is 1.17 bits per heavy atom. The second kappa shape index (κ2) is 7.34. The molecule has 2 aromatic heterocycles. The monoisotopic (exact) mass is 397 g/mol. The maximum Gasteiger partial charge on any atom is 0.351 e. The zero-order chi connectivity index (χ0) is 20.5. The van der Waals surface area contributed by atoms with Gasteiger partial charge in [0.1, 0.15) is 23.2 Å². The summed E-state index contributed by atoms with van der Waals surface area (Å²) in [6.07, 6.45) is 3.39. The van der Waals surface area contributed by atoms with E-state index in [-0.39, 0.29) is 12.1 Å². The first-order valence-electron chi connectivity index (χ1n) is 8.76. The van der Waals surface area contributed by atoms with Crippen molar-refractivity contribution in [3.8, 4) is 22.6 Å². The van der Waals surface area contributed by atoms with Crippen molar-refractivity contribution in [1.82, 2.24) is 24.5 Å². The van der Waals surface area contributed by atoms with E-state index in [2.05, 4.69) is 15.3 Å². The smallest absolute Gasteiger partial charge is 0.351 e. The molecule has 29 heavy (non-hydrogen) atoms. The number of rotatable bonds is 5. The molecule has 0 amide bonds. The van der Waals surface area contributed by atoms with E-state index in [1.807, 2.05) is 0 Å². The Balaban J connectivity index is 1.76. The van der Waals surface area contributed by atoms with Crippen LogP contribution in [0.3, 0.4) is 0 Å². The summed E-state index contributed by atoms with van der Waals surface area (Å²) in [4.78, 5) is 12.9. The molecule has 4 rings (SSSR count). The average molecular weight is 397 g/mol. The zero-order valence-electron chi connectivity index (χ0n) is 15.7. The lowest BCUT2D eigenvalue weighted by molar-refractivity contribution is 0.416. The number of H-pyrrole nitrogens is 1. The van der Waals surface area contributed by atoms with Crippen molar-refractivity contribution in [2.24, 2.45) is 0 Å². The number of hydrogen-bond donors (Lipinski definition) is 1. The molecule has 0 saturated carbocycles. The molecule has 2 aromatic carbocycles. The van der Waals surface area contributed by atoms with Crippen LogP contribution in [0.1, 0.15) is 11.4 Å². The van der Waals surface area contributed by atoms with Gasteiger partial charge in [0.25, 0.3) is 0 Å². The van der Waals surface area contributed by atoms with Crippen LogP contribution in [0.25, 0.3) is 16.8 Å². The molecule has 9 heteroatoms. The summed E-state index contributed by atoms with van der Waals surface area (Å²) >= 11 is 0. The topological polar surface area (TPSA) is 77.7 Å². The molecule has 4 aromatic rings. The van der Waals surface area contributed by atoms with E-state index in [1.165, 1.54) is 22.4 Å². The Bertz CT molecular complexity index is 1210. The highest BCUT2D eigenvalue weighted by Gasteiger charge is 2.17. The molecule has 0 aliphatic rings. The fraction of sp³-hybridized carbons (Fsp3) is 0.150. The molecule has 0 bridgehead atoms. The molecular weight excluding hydrogens is 380 g/mol. The first kappa shape index (κ1) is 18.6. The van der Waals surface area contributed by atoms with Crippen LogP contribution < -0.4 is 10.4 Å². The van der Waals surface area contributed by atoms with Crippen molar-refractivity contribution >= 4 is 0 Å². The van der Waals surface area contributed by atoms with Crippen molar-refractivity contribution in [2.75, 3.05) is 7.11 Å². The standard InChI is InChI=1S/C20H17F2N5O2/c1-12-25-27(20(28)26(12)11-16-17(21)4-3-5-18(16)22)14-6-7-15(19(8-14)29-2)13-9-23-24-10-13/h3-10H,11H2,1-2H3,(H,23,24). The van der Waals surface area contributed by atoms with Gasteiger partial charge in [-0.3, -0.25) is 9.67 Å². The number of hydrogen-bond acceptors (Lipinski definition) is 4. The first-order valence-corrected chi connectivity index (χ1v) is 8.76. The number of nitrogens with one attached hydrogen (secondary N) is 1. The minimum Gasteiger partial charge on any atom is -0.496 e. The number of aromatic amines is 1. The van der Waals surface area contributed by atoms with E-state index >= 15 is 0 Å². The summed E-state index contributed by atoms with van der Waals surface area (Å²) in [5, 5.41) is 10.9. The largest absolute Gasteiger partial charge is 0.496 e. The van der Waals surface area contributed by atoms with E-state index in [4.69, 9.17) is 4.74 Å². The maximum atomic E-state index is 14.0. The highest BCUT2D eigenvalue weighted by molar-refractivity contribution is 5.71. The highest BCUT2D eigenvalue weighted by atomic mass is 19.1. The summed E-state index contributed by atoms with van der Waals surface area (Å²) in [5.41, 5.74) is 1.39. The van der Waals surface area contributed by atoms with Gasteiger partial charge < -0.3 is 4.74 Å². The Morgan fingerprint density at radius 3 is 2.59 bits per heavy atom. The van der Waals surface area contributed by atoms with Crippen molar-refractivity contribution in [3.05, 3.63) is 82.3 Å². The molecule has 7 nitrogen and oxygen atoms in total. The molecule has 148 valence electrons. The lowest BCUT2D eigenvalue weighted by Gasteiger charge is -2.09. The third kappa shape index (κ3) is 3.31. The van der Waals surface area contributed by atoms with Crippen LogP contribution >= 0.6 is 0 Å². The minimum absolute atomic E-state index is 0.190. The summed E-state index contributed by atoms with van der Waals surface area (Å²) in [6.45, 7) is 1.35. The van der Waals surface area contributed by atoms with Gasteiger partial charge in [0.2, 0.25) is 0 Å². The van der Waals surface area contributed by atoms with Crippen LogP contribution in [0.4, 0.5) is 8.78 Å². The second-order valence-electron chi connectivity index (χ2n) is 6.40. The SMILES string of the molecule is COc1cc(-n2nc(C)n(Cc3c(F)cccc3F)c2=O)ccc1-c1cn[nH]c1. The summed E-state index contributed by atoms with van der Waals surface area (Å²) < 4.78 is 35.8. The van der Waals surface area contributed by atoms with Gasteiger partial charge in [-0.25, -0.2) is 13.6 Å². The molecule has 0 aliphatic carbocycles. The Labute approximate surface area is 164 Å². The molecular formula is C20H17F2N5O2. The predicted octanol–water partition coefficient (Wildman–Crippen LogP) is 3.07. The molecule has 0 atom stereocenters. The van der Waals surface area contributed by atoms with E-state index < -0.39 is 17.3 Å². The van der Waals surface area contributed by atoms with Gasteiger partial charge in [-0.15, -0.1) is 0 Å². The third-order valence-electron chi connectivity index (χ3n) is 4.66. The number of aryl methyl sites for hydroxylation is 1. The minimum atomic E-state index is -0.713. The number of nitrogens with zero attached hydrogens (tertiary/aromatic N) is 4. The fourth-order valence-electron chi connectivity index (χ4n) is 3.13. The highest BCUT2D eigenvalue weighted by Crippen LogP contribution is 2.30. The van der Waals surface area contributed by atoms with Crippen LogP contribution in [-0.4, -0.2) is 31.7 Å². The molecule has 0 unspecified atom stereocenters. The number of aromatic nitrogens is 5. The Kier molecular flexibility index (Phi) is 4.71. The first-order chi connectivity index (χ1) is 14.0. The maximum absolute atomic E-state index is 14.0. The van der Waals surface area contributed by atoms with Gasteiger partial charge in [-0.05, 0) is 31.2 Å². The lowest BCUT2D eigenvalue weighted by atomic mass is 10.1. The average Bonchev–Trinajstić information content (AvgIpc) is 3.34. The summed E-state index contributed by atoms with van der Waals surface area (Å²) in [5.74, 6) is -0.566. The fourth-order valence-corrected chi connectivity index (χ4v) is 3.13. The Morgan fingerprint density at radius 2 is 1.93 bits per heavy atom. The van der Waals surface area contributed by atoms with E-state index in [0.717, 1.165) is 23.3 Å². The zero-order valence-corrected chi connectivity index (χ0v) is 15.7. The molecule has 2 heterocycles. The molecule has 0 saturated heterocycles. The van der Waals surface area contributed by atoms with Crippen molar-refractivity contribution in [2.45, 2.75) is 13.5 Å². The lowest BCUT2D eigenvalue weighted by Crippen LogP contribution is -2.25. The van der Waals surface area contributed by atoms with Crippen molar-refractivity contribution < 1.29 is 13.5 Å². The normalized spacial score (nSPS) is 11.0. The summed E-state index contributed by atoms with van der Waals surface area (Å²) in [7, 11) is 1.52. The van der Waals surface area contributed by atoms with Gasteiger partial charge in [-0.1, -0.05) is 6.07 Å². The molecule has 1 N–H and O–H groups in total. The van der Waals surface area contributed by atoms with E-state index in [9.17, 15) is 13.6 Å². The number of methoxy groups -OCH3 is 1. The second-order valence-corrected chi connectivity index (χ2v) is 6.40. The molecule has 0 aliphatic heterocycles. The van der Waals surface area contributed by atoms with Gasteiger partial charge in [0, 0.05) is 29.0 Å². The number of benzene rings is 2. The van der Waals surface area contributed by atoms with Gasteiger partial charge in [-0.2, -0.15) is 14.9 Å². The van der Waals surface area contributed by atoms with Crippen LogP contribution in [-0.2, 0) is 6.54 Å². The molecule has 0 fully saturated rings. The number of ether oxygens (including phenoxy) is 1. The van der Waals surface area contributed by atoms with Gasteiger partial charge >= 0.3 is 5.69 Å². The van der Waals surface area contributed by atoms with Gasteiger partial charge in [0.05, 0.1) is 25.5 Å². The van der Waals surface area contributed by atoms with Crippen LogP contribution in [0.2, 0.25) is 0 Å². The van der Waals surface area contributed by atoms with Crippen LogP contribution in [0.15, 0.2) is 53.6 Å².